The second-order valence-electron chi connectivity index (χ2n) is 7.11. The molecule has 0 radical (unpaired) electrons. The van der Waals surface area contributed by atoms with Gasteiger partial charge in [-0.05, 0) is 25.5 Å². The van der Waals surface area contributed by atoms with Gasteiger partial charge in [0.05, 0.1) is 23.1 Å². The molecule has 4 aromatic rings. The van der Waals surface area contributed by atoms with Crippen molar-refractivity contribution in [2.75, 3.05) is 18.0 Å². The largest absolute Gasteiger partial charge is 0.351 e. The number of rotatable bonds is 4. The number of fused-ring (bicyclic) bond motifs is 1. The lowest BCUT2D eigenvalue weighted by atomic mass is 10.2. The molecule has 1 aliphatic rings. The van der Waals surface area contributed by atoms with E-state index in [2.05, 4.69) is 30.5 Å². The van der Waals surface area contributed by atoms with E-state index in [1.54, 1.807) is 23.4 Å². The SMILES string of the molecule is Cc1c(C(=O)NC2CCN(c3nccn4cnnc34)C2)cnn1-c1ccccc1. The van der Waals surface area contributed by atoms with E-state index in [4.69, 9.17) is 0 Å². The van der Waals surface area contributed by atoms with Gasteiger partial charge in [0, 0.05) is 31.5 Å². The van der Waals surface area contributed by atoms with E-state index >= 15 is 0 Å². The molecule has 0 aliphatic carbocycles. The average Bonchev–Trinajstić information content (AvgIpc) is 3.47. The van der Waals surface area contributed by atoms with Gasteiger partial charge in [-0.15, -0.1) is 10.2 Å². The van der Waals surface area contributed by atoms with Crippen LogP contribution >= 0.6 is 0 Å². The molecule has 3 aromatic heterocycles. The number of carbonyl (C=O) groups is 1. The third kappa shape index (κ3) is 3.10. The van der Waals surface area contributed by atoms with E-state index in [1.807, 2.05) is 47.9 Å². The van der Waals surface area contributed by atoms with Gasteiger partial charge in [0.15, 0.2) is 5.82 Å². The van der Waals surface area contributed by atoms with Crippen LogP contribution in [0.25, 0.3) is 11.3 Å². The van der Waals surface area contributed by atoms with Crippen LogP contribution in [0.5, 0.6) is 0 Å². The summed E-state index contributed by atoms with van der Waals surface area (Å²) in [4.78, 5) is 19.4. The maximum absolute atomic E-state index is 12.9. The zero-order valence-corrected chi connectivity index (χ0v) is 15.9. The Morgan fingerprint density at radius 1 is 1.24 bits per heavy atom. The highest BCUT2D eigenvalue weighted by Crippen LogP contribution is 2.22. The second kappa shape index (κ2) is 7.01. The van der Waals surface area contributed by atoms with Gasteiger partial charge in [-0.1, -0.05) is 18.2 Å². The lowest BCUT2D eigenvalue weighted by Gasteiger charge is -2.18. The van der Waals surface area contributed by atoms with Crippen molar-refractivity contribution in [3.8, 4) is 5.69 Å². The van der Waals surface area contributed by atoms with Crippen LogP contribution in [0.4, 0.5) is 5.82 Å². The molecule has 9 heteroatoms. The van der Waals surface area contributed by atoms with Crippen LogP contribution in [-0.2, 0) is 0 Å². The first-order chi connectivity index (χ1) is 14.2. The van der Waals surface area contributed by atoms with E-state index in [1.165, 1.54) is 0 Å². The van der Waals surface area contributed by atoms with E-state index in [0.29, 0.717) is 12.1 Å². The summed E-state index contributed by atoms with van der Waals surface area (Å²) in [5, 5.41) is 15.6. The predicted molar refractivity (Wildman–Crippen MR) is 107 cm³/mol. The summed E-state index contributed by atoms with van der Waals surface area (Å²) in [7, 11) is 0. The molecule has 29 heavy (non-hydrogen) atoms. The number of aromatic nitrogens is 6. The van der Waals surface area contributed by atoms with E-state index in [0.717, 1.165) is 35.8 Å². The Morgan fingerprint density at radius 2 is 2.10 bits per heavy atom. The van der Waals surface area contributed by atoms with Crippen molar-refractivity contribution in [3.05, 3.63) is 66.5 Å². The quantitative estimate of drug-likeness (QED) is 0.571. The Bertz CT molecular complexity index is 1170. The maximum atomic E-state index is 12.9. The highest BCUT2D eigenvalue weighted by Gasteiger charge is 2.28. The lowest BCUT2D eigenvalue weighted by Crippen LogP contribution is -2.37. The number of nitrogens with zero attached hydrogens (tertiary/aromatic N) is 7. The highest BCUT2D eigenvalue weighted by molar-refractivity contribution is 5.95. The minimum absolute atomic E-state index is 0.0342. The van der Waals surface area contributed by atoms with E-state index in [-0.39, 0.29) is 11.9 Å². The summed E-state index contributed by atoms with van der Waals surface area (Å²) in [6.07, 6.45) is 7.68. The molecule has 1 atom stereocenters. The van der Waals surface area contributed by atoms with Gasteiger partial charge < -0.3 is 10.2 Å². The molecule has 1 aliphatic heterocycles. The smallest absolute Gasteiger partial charge is 0.255 e. The van der Waals surface area contributed by atoms with Crippen molar-refractivity contribution < 1.29 is 4.79 Å². The average molecular weight is 388 g/mol. The summed E-state index contributed by atoms with van der Waals surface area (Å²) in [6, 6.07) is 9.83. The fraction of sp³-hybridized carbons (Fsp3) is 0.250. The third-order valence-corrected chi connectivity index (χ3v) is 5.28. The number of hydrogen-bond acceptors (Lipinski definition) is 6. The molecule has 146 valence electrons. The van der Waals surface area contributed by atoms with Crippen molar-refractivity contribution in [1.29, 1.82) is 0 Å². The number of nitrogens with one attached hydrogen (secondary N) is 1. The molecule has 1 unspecified atom stereocenters. The van der Waals surface area contributed by atoms with Gasteiger partial charge in [0.25, 0.3) is 5.91 Å². The van der Waals surface area contributed by atoms with E-state index < -0.39 is 0 Å². The van der Waals surface area contributed by atoms with Gasteiger partial charge in [-0.3, -0.25) is 9.20 Å². The molecule has 1 N–H and O–H groups in total. The summed E-state index contributed by atoms with van der Waals surface area (Å²) >= 11 is 0. The summed E-state index contributed by atoms with van der Waals surface area (Å²) in [6.45, 7) is 3.38. The number of amides is 1. The normalized spacial score (nSPS) is 16.4. The first kappa shape index (κ1) is 17.4. The number of anilines is 1. The van der Waals surface area contributed by atoms with Crippen LogP contribution in [0.3, 0.4) is 0 Å². The standard InChI is InChI=1S/C20H20N8O/c1-14-17(11-23-28(14)16-5-3-2-4-6-16)20(29)24-15-7-9-26(12-15)18-19-25-22-13-27(19)10-8-21-18/h2-6,8,10-11,13,15H,7,9,12H2,1H3,(H,24,29). The van der Waals surface area contributed by atoms with Gasteiger partial charge in [-0.25, -0.2) is 9.67 Å². The van der Waals surface area contributed by atoms with Gasteiger partial charge >= 0.3 is 0 Å². The molecule has 0 bridgehead atoms. The molecule has 9 nitrogen and oxygen atoms in total. The number of hydrogen-bond donors (Lipinski definition) is 1. The minimum atomic E-state index is -0.106. The van der Waals surface area contributed by atoms with Crippen molar-refractivity contribution in [2.45, 2.75) is 19.4 Å². The third-order valence-electron chi connectivity index (χ3n) is 5.28. The number of benzene rings is 1. The van der Waals surface area contributed by atoms with Crippen LogP contribution in [0.15, 0.2) is 55.2 Å². The Labute approximate surface area is 167 Å². The fourth-order valence-electron chi connectivity index (χ4n) is 3.76. The molecule has 1 fully saturated rings. The first-order valence-electron chi connectivity index (χ1n) is 9.51. The van der Waals surface area contributed by atoms with E-state index in [9.17, 15) is 4.79 Å². The Morgan fingerprint density at radius 3 is 2.97 bits per heavy atom. The molecular weight excluding hydrogens is 368 g/mol. The second-order valence-corrected chi connectivity index (χ2v) is 7.11. The van der Waals surface area contributed by atoms with Crippen LogP contribution in [0.2, 0.25) is 0 Å². The van der Waals surface area contributed by atoms with Gasteiger partial charge in [0.1, 0.15) is 6.33 Å². The van der Waals surface area contributed by atoms with Crippen LogP contribution in [0, 0.1) is 6.92 Å². The van der Waals surface area contributed by atoms with Crippen molar-refractivity contribution in [2.24, 2.45) is 0 Å². The molecule has 4 heterocycles. The Kier molecular flexibility index (Phi) is 4.19. The van der Waals surface area contributed by atoms with Crippen LogP contribution in [-0.4, -0.2) is 54.4 Å². The minimum Gasteiger partial charge on any atom is -0.351 e. The maximum Gasteiger partial charge on any atom is 0.255 e. The lowest BCUT2D eigenvalue weighted by molar-refractivity contribution is 0.0939. The molecule has 1 amide bonds. The molecule has 0 spiro atoms. The topological polar surface area (TPSA) is 93.2 Å². The van der Waals surface area contributed by atoms with Crippen molar-refractivity contribution >= 4 is 17.4 Å². The monoisotopic (exact) mass is 388 g/mol. The van der Waals surface area contributed by atoms with Gasteiger partial charge in [-0.2, -0.15) is 5.10 Å². The zero-order chi connectivity index (χ0) is 19.8. The molecular formula is C20H20N8O. The molecule has 1 aromatic carbocycles. The molecule has 1 saturated heterocycles. The molecule has 0 saturated carbocycles. The van der Waals surface area contributed by atoms with Gasteiger partial charge in [0.2, 0.25) is 5.65 Å². The summed E-state index contributed by atoms with van der Waals surface area (Å²) in [5.41, 5.74) is 3.06. The van der Waals surface area contributed by atoms with Crippen LogP contribution < -0.4 is 10.2 Å². The first-order valence-corrected chi connectivity index (χ1v) is 9.51. The number of carbonyl (C=O) groups excluding carboxylic acids is 1. The van der Waals surface area contributed by atoms with Crippen molar-refractivity contribution in [1.82, 2.24) is 34.7 Å². The predicted octanol–water partition coefficient (Wildman–Crippen LogP) is 1.63. The summed E-state index contributed by atoms with van der Waals surface area (Å²) in [5.74, 6) is 0.681. The zero-order valence-electron chi connectivity index (χ0n) is 15.9. The van der Waals surface area contributed by atoms with Crippen LogP contribution in [0.1, 0.15) is 22.5 Å². The highest BCUT2D eigenvalue weighted by atomic mass is 16.1. The fourth-order valence-corrected chi connectivity index (χ4v) is 3.76. The number of para-hydroxylation sites is 1. The molecule has 5 rings (SSSR count). The Balaban J connectivity index is 1.30. The van der Waals surface area contributed by atoms with Crippen molar-refractivity contribution in [3.63, 3.8) is 0 Å². The summed E-state index contributed by atoms with van der Waals surface area (Å²) < 4.78 is 3.63. The Hall–Kier alpha value is -3.75.